The maximum absolute atomic E-state index is 12.5. The Balaban J connectivity index is 1.72. The number of ether oxygens (including phenoxy) is 2. The fourth-order valence-electron chi connectivity index (χ4n) is 2.65. The minimum atomic E-state index is -0.319. The van der Waals surface area contributed by atoms with Crippen LogP contribution in [0.4, 0.5) is 22.9 Å². The average molecular weight is 393 g/mol. The number of nitrogens with zero attached hydrogens (tertiary/aromatic N) is 3. The van der Waals surface area contributed by atoms with E-state index >= 15 is 0 Å². The van der Waals surface area contributed by atoms with Crippen LogP contribution in [0.1, 0.15) is 10.5 Å². The van der Waals surface area contributed by atoms with E-state index in [-0.39, 0.29) is 11.6 Å². The standard InChI is InChI=1S/C21H23N5O3/c1-26(2)16-8-5-14(6-9-16)25-21(27)17-12-20(23-13-22-17)24-15-7-10-18(28-3)19(11-15)29-4/h5-13H,1-4H3,(H,25,27)(H,22,23,24). The first kappa shape index (κ1) is 19.9. The summed E-state index contributed by atoms with van der Waals surface area (Å²) >= 11 is 0. The number of carbonyl (C=O) groups excluding carboxylic acids is 1. The van der Waals surface area contributed by atoms with Crippen molar-refractivity contribution in [3.63, 3.8) is 0 Å². The topological polar surface area (TPSA) is 88.6 Å². The zero-order chi connectivity index (χ0) is 20.8. The molecule has 0 spiro atoms. The highest BCUT2D eigenvalue weighted by atomic mass is 16.5. The Morgan fingerprint density at radius 2 is 1.59 bits per heavy atom. The van der Waals surface area contributed by atoms with E-state index in [4.69, 9.17) is 9.47 Å². The number of hydrogen-bond acceptors (Lipinski definition) is 7. The van der Waals surface area contributed by atoms with Crippen molar-refractivity contribution in [2.24, 2.45) is 0 Å². The molecule has 2 aromatic carbocycles. The van der Waals surface area contributed by atoms with Gasteiger partial charge >= 0.3 is 0 Å². The maximum atomic E-state index is 12.5. The van der Waals surface area contributed by atoms with Crippen LogP contribution in [-0.4, -0.2) is 44.2 Å². The minimum absolute atomic E-state index is 0.250. The number of amides is 1. The van der Waals surface area contributed by atoms with E-state index in [0.29, 0.717) is 23.0 Å². The Hall–Kier alpha value is -3.81. The Kier molecular flexibility index (Phi) is 6.13. The number of anilines is 4. The number of benzene rings is 2. The Bertz CT molecular complexity index is 990. The number of rotatable bonds is 7. The lowest BCUT2D eigenvalue weighted by atomic mass is 10.2. The normalized spacial score (nSPS) is 10.2. The van der Waals surface area contributed by atoms with Crippen molar-refractivity contribution in [1.29, 1.82) is 0 Å². The van der Waals surface area contributed by atoms with Crippen LogP contribution in [0.2, 0.25) is 0 Å². The summed E-state index contributed by atoms with van der Waals surface area (Å²) in [6, 6.07) is 14.5. The largest absolute Gasteiger partial charge is 0.493 e. The molecule has 0 fully saturated rings. The summed E-state index contributed by atoms with van der Waals surface area (Å²) in [7, 11) is 7.07. The van der Waals surface area contributed by atoms with Crippen molar-refractivity contribution in [2.75, 3.05) is 43.8 Å². The summed E-state index contributed by atoms with van der Waals surface area (Å²) in [5, 5.41) is 5.97. The molecule has 3 aromatic rings. The van der Waals surface area contributed by atoms with Crippen LogP contribution >= 0.6 is 0 Å². The van der Waals surface area contributed by atoms with E-state index in [0.717, 1.165) is 11.4 Å². The van der Waals surface area contributed by atoms with E-state index in [9.17, 15) is 4.79 Å². The lowest BCUT2D eigenvalue weighted by Crippen LogP contribution is -2.14. The first-order chi connectivity index (χ1) is 14.0. The van der Waals surface area contributed by atoms with Gasteiger partial charge in [-0.2, -0.15) is 0 Å². The SMILES string of the molecule is COc1ccc(Nc2cc(C(=O)Nc3ccc(N(C)C)cc3)ncn2)cc1OC. The molecule has 29 heavy (non-hydrogen) atoms. The van der Waals surface area contributed by atoms with Crippen molar-refractivity contribution in [3.8, 4) is 11.5 Å². The third kappa shape index (κ3) is 4.92. The van der Waals surface area contributed by atoms with E-state index in [1.54, 1.807) is 32.4 Å². The fraction of sp³-hybridized carbons (Fsp3) is 0.190. The lowest BCUT2D eigenvalue weighted by molar-refractivity contribution is 0.102. The van der Waals surface area contributed by atoms with Crippen LogP contribution in [0.15, 0.2) is 54.9 Å². The summed E-state index contributed by atoms with van der Waals surface area (Å²) in [6.45, 7) is 0. The van der Waals surface area contributed by atoms with Crippen LogP contribution in [0.25, 0.3) is 0 Å². The van der Waals surface area contributed by atoms with Crippen molar-refractivity contribution in [3.05, 3.63) is 60.6 Å². The molecule has 0 aliphatic heterocycles. The van der Waals surface area contributed by atoms with Crippen LogP contribution in [0.5, 0.6) is 11.5 Å². The summed E-state index contributed by atoms with van der Waals surface area (Å²) in [5.41, 5.74) is 2.73. The van der Waals surface area contributed by atoms with E-state index in [2.05, 4.69) is 20.6 Å². The number of nitrogens with one attached hydrogen (secondary N) is 2. The molecule has 0 aliphatic rings. The van der Waals surface area contributed by atoms with Gasteiger partial charge in [-0.3, -0.25) is 4.79 Å². The van der Waals surface area contributed by atoms with Gasteiger partial charge in [-0.05, 0) is 36.4 Å². The first-order valence-corrected chi connectivity index (χ1v) is 8.90. The van der Waals surface area contributed by atoms with Gasteiger partial charge < -0.3 is 25.0 Å². The zero-order valence-corrected chi connectivity index (χ0v) is 16.8. The zero-order valence-electron chi connectivity index (χ0n) is 16.8. The molecule has 0 bridgehead atoms. The van der Waals surface area contributed by atoms with Crippen LogP contribution in [0, 0.1) is 0 Å². The van der Waals surface area contributed by atoms with Crippen molar-refractivity contribution < 1.29 is 14.3 Å². The molecule has 0 saturated carbocycles. The van der Waals surface area contributed by atoms with Gasteiger partial charge in [-0.1, -0.05) is 0 Å². The Morgan fingerprint density at radius 1 is 0.897 bits per heavy atom. The highest BCUT2D eigenvalue weighted by molar-refractivity contribution is 6.03. The minimum Gasteiger partial charge on any atom is -0.493 e. The van der Waals surface area contributed by atoms with Crippen LogP contribution < -0.4 is 25.0 Å². The third-order valence-corrected chi connectivity index (χ3v) is 4.20. The molecule has 0 aliphatic carbocycles. The van der Waals surface area contributed by atoms with E-state index in [1.165, 1.54) is 6.33 Å². The molecular weight excluding hydrogens is 370 g/mol. The quantitative estimate of drug-likeness (QED) is 0.634. The Morgan fingerprint density at radius 3 is 2.24 bits per heavy atom. The highest BCUT2D eigenvalue weighted by Gasteiger charge is 2.11. The Labute approximate surface area is 169 Å². The molecule has 0 unspecified atom stereocenters. The molecule has 2 N–H and O–H groups in total. The molecule has 0 atom stereocenters. The van der Waals surface area contributed by atoms with Gasteiger partial charge in [-0.25, -0.2) is 9.97 Å². The molecular formula is C21H23N5O3. The van der Waals surface area contributed by atoms with Gasteiger partial charge in [0.15, 0.2) is 11.5 Å². The summed E-state index contributed by atoms with van der Waals surface area (Å²) in [6.07, 6.45) is 1.34. The van der Waals surface area contributed by atoms with Gasteiger partial charge in [0.1, 0.15) is 17.8 Å². The molecule has 8 heteroatoms. The predicted molar refractivity (Wildman–Crippen MR) is 114 cm³/mol. The number of carbonyl (C=O) groups is 1. The maximum Gasteiger partial charge on any atom is 0.274 e. The summed E-state index contributed by atoms with van der Waals surface area (Å²) in [5.74, 6) is 1.38. The summed E-state index contributed by atoms with van der Waals surface area (Å²) in [4.78, 5) is 22.8. The van der Waals surface area contributed by atoms with Crippen molar-refractivity contribution >= 4 is 28.8 Å². The van der Waals surface area contributed by atoms with Gasteiger partial charge in [-0.15, -0.1) is 0 Å². The monoisotopic (exact) mass is 393 g/mol. The third-order valence-electron chi connectivity index (χ3n) is 4.20. The molecule has 0 radical (unpaired) electrons. The molecule has 150 valence electrons. The average Bonchev–Trinajstić information content (AvgIpc) is 2.74. The molecule has 1 amide bonds. The molecule has 3 rings (SSSR count). The highest BCUT2D eigenvalue weighted by Crippen LogP contribution is 2.30. The second-order valence-corrected chi connectivity index (χ2v) is 6.38. The number of methoxy groups -OCH3 is 2. The molecule has 1 aromatic heterocycles. The van der Waals surface area contributed by atoms with E-state index in [1.807, 2.05) is 49.3 Å². The second kappa shape index (κ2) is 8.92. The number of hydrogen-bond donors (Lipinski definition) is 2. The number of aromatic nitrogens is 2. The molecule has 0 saturated heterocycles. The van der Waals surface area contributed by atoms with Gasteiger partial charge in [0.2, 0.25) is 0 Å². The predicted octanol–water partition coefficient (Wildman–Crippen LogP) is 3.56. The van der Waals surface area contributed by atoms with E-state index < -0.39 is 0 Å². The van der Waals surface area contributed by atoms with Gasteiger partial charge in [0.05, 0.1) is 14.2 Å². The van der Waals surface area contributed by atoms with Crippen molar-refractivity contribution in [2.45, 2.75) is 0 Å². The smallest absolute Gasteiger partial charge is 0.274 e. The first-order valence-electron chi connectivity index (χ1n) is 8.90. The molecule has 1 heterocycles. The lowest BCUT2D eigenvalue weighted by Gasteiger charge is -2.13. The van der Waals surface area contributed by atoms with Gasteiger partial charge in [0.25, 0.3) is 5.91 Å². The van der Waals surface area contributed by atoms with Crippen LogP contribution in [0.3, 0.4) is 0 Å². The van der Waals surface area contributed by atoms with Crippen molar-refractivity contribution in [1.82, 2.24) is 9.97 Å². The van der Waals surface area contributed by atoms with Gasteiger partial charge in [0, 0.05) is 43.3 Å². The fourth-order valence-corrected chi connectivity index (χ4v) is 2.65. The second-order valence-electron chi connectivity index (χ2n) is 6.38. The van der Waals surface area contributed by atoms with Crippen LogP contribution in [-0.2, 0) is 0 Å². The summed E-state index contributed by atoms with van der Waals surface area (Å²) < 4.78 is 10.5. The molecule has 8 nitrogen and oxygen atoms in total.